The van der Waals surface area contributed by atoms with Crippen LogP contribution in [0.25, 0.3) is 0 Å². The van der Waals surface area contributed by atoms with E-state index in [-0.39, 0.29) is 11.8 Å². The molecular weight excluding hydrogens is 324 g/mol. The van der Waals surface area contributed by atoms with E-state index < -0.39 is 0 Å². The van der Waals surface area contributed by atoms with Crippen LogP contribution in [-0.2, 0) is 29.1 Å². The first-order valence-electron chi connectivity index (χ1n) is 8.57. The van der Waals surface area contributed by atoms with Gasteiger partial charge in [-0.1, -0.05) is 5.16 Å². The molecule has 3 rings (SSSR count). The highest BCUT2D eigenvalue weighted by molar-refractivity contribution is 5.78. The molecule has 1 atom stereocenters. The van der Waals surface area contributed by atoms with Gasteiger partial charge in [0.25, 0.3) is 0 Å². The van der Waals surface area contributed by atoms with Gasteiger partial charge in [-0.3, -0.25) is 9.69 Å². The van der Waals surface area contributed by atoms with Crippen molar-refractivity contribution in [3.63, 3.8) is 0 Å². The maximum absolute atomic E-state index is 12.4. The zero-order chi connectivity index (χ0) is 17.5. The third-order valence-electron chi connectivity index (χ3n) is 4.26. The maximum atomic E-state index is 12.4. The number of nitrogens with one attached hydrogen (secondary N) is 1. The minimum atomic E-state index is 0.00968. The molecule has 0 unspecified atom stereocenters. The second kappa shape index (κ2) is 8.77. The van der Waals surface area contributed by atoms with Crippen LogP contribution in [0.4, 0.5) is 0 Å². The summed E-state index contributed by atoms with van der Waals surface area (Å²) in [5.41, 5.74) is 0. The molecule has 0 bridgehead atoms. The summed E-state index contributed by atoms with van der Waals surface area (Å²) in [4.78, 5) is 18.9. The van der Waals surface area contributed by atoms with Gasteiger partial charge in [-0.05, 0) is 31.5 Å². The molecule has 8 nitrogen and oxygen atoms in total. The second-order valence-corrected chi connectivity index (χ2v) is 6.23. The number of ether oxygens (including phenoxy) is 1. The van der Waals surface area contributed by atoms with Crippen molar-refractivity contribution in [1.82, 2.24) is 20.4 Å². The van der Waals surface area contributed by atoms with Crippen LogP contribution in [0.1, 0.15) is 30.3 Å². The SMILES string of the molecule is COCc1noc(CCNC(=O)[C@@H]2CCCN(Cc3ccco3)C2)n1. The number of hydrogen-bond acceptors (Lipinski definition) is 7. The van der Waals surface area contributed by atoms with Crippen LogP contribution in [0, 0.1) is 5.92 Å². The van der Waals surface area contributed by atoms with Gasteiger partial charge in [0.1, 0.15) is 12.4 Å². The molecule has 8 heteroatoms. The van der Waals surface area contributed by atoms with Crippen molar-refractivity contribution in [3.8, 4) is 0 Å². The number of carbonyl (C=O) groups excluding carboxylic acids is 1. The topological polar surface area (TPSA) is 93.6 Å². The van der Waals surface area contributed by atoms with Crippen LogP contribution in [0.2, 0.25) is 0 Å². The normalized spacial score (nSPS) is 18.4. The van der Waals surface area contributed by atoms with Gasteiger partial charge >= 0.3 is 0 Å². The predicted molar refractivity (Wildman–Crippen MR) is 88.4 cm³/mol. The van der Waals surface area contributed by atoms with Gasteiger partial charge in [0.05, 0.1) is 18.7 Å². The summed E-state index contributed by atoms with van der Waals surface area (Å²) in [6.07, 6.45) is 4.13. The largest absolute Gasteiger partial charge is 0.468 e. The van der Waals surface area contributed by atoms with E-state index in [9.17, 15) is 4.79 Å². The first kappa shape index (κ1) is 17.6. The van der Waals surface area contributed by atoms with Crippen molar-refractivity contribution in [2.24, 2.45) is 5.92 Å². The standard InChI is InChI=1S/C17H24N4O4/c1-23-12-15-19-16(25-20-15)6-7-18-17(22)13-4-2-8-21(10-13)11-14-5-3-9-24-14/h3,5,9,13H,2,4,6-8,10-12H2,1H3,(H,18,22)/t13-/m1/s1. The smallest absolute Gasteiger partial charge is 0.228 e. The zero-order valence-corrected chi connectivity index (χ0v) is 14.4. The minimum Gasteiger partial charge on any atom is -0.468 e. The Morgan fingerprint density at radius 1 is 1.52 bits per heavy atom. The second-order valence-electron chi connectivity index (χ2n) is 6.23. The van der Waals surface area contributed by atoms with Crippen LogP contribution in [0.15, 0.2) is 27.3 Å². The van der Waals surface area contributed by atoms with E-state index in [0.717, 1.165) is 38.2 Å². The number of methoxy groups -OCH3 is 1. The Hall–Kier alpha value is -2.19. The highest BCUT2D eigenvalue weighted by atomic mass is 16.5. The fourth-order valence-electron chi connectivity index (χ4n) is 3.05. The molecule has 0 radical (unpaired) electrons. The zero-order valence-electron chi connectivity index (χ0n) is 14.4. The third-order valence-corrected chi connectivity index (χ3v) is 4.26. The van der Waals surface area contributed by atoms with E-state index in [1.54, 1.807) is 13.4 Å². The quantitative estimate of drug-likeness (QED) is 0.770. The molecule has 3 heterocycles. The number of carbonyl (C=O) groups is 1. The molecule has 1 aliphatic rings. The Balaban J connectivity index is 1.41. The molecule has 1 saturated heterocycles. The molecule has 1 N–H and O–H groups in total. The molecule has 0 aliphatic carbocycles. The number of aromatic nitrogens is 2. The molecular formula is C17H24N4O4. The number of amides is 1. The van der Waals surface area contributed by atoms with E-state index in [0.29, 0.717) is 31.3 Å². The van der Waals surface area contributed by atoms with Gasteiger partial charge in [0, 0.05) is 26.6 Å². The Kier molecular flexibility index (Phi) is 6.19. The molecule has 25 heavy (non-hydrogen) atoms. The van der Waals surface area contributed by atoms with Crippen molar-refractivity contribution in [2.75, 3.05) is 26.7 Å². The predicted octanol–water partition coefficient (Wildman–Crippen LogP) is 1.38. The maximum Gasteiger partial charge on any atom is 0.228 e. The Labute approximate surface area is 146 Å². The molecule has 0 saturated carbocycles. The number of nitrogens with zero attached hydrogens (tertiary/aromatic N) is 3. The number of piperidine rings is 1. The van der Waals surface area contributed by atoms with Crippen molar-refractivity contribution >= 4 is 5.91 Å². The Morgan fingerprint density at radius 3 is 3.24 bits per heavy atom. The van der Waals surface area contributed by atoms with Gasteiger partial charge in [-0.2, -0.15) is 4.98 Å². The lowest BCUT2D eigenvalue weighted by Crippen LogP contribution is -2.43. The number of rotatable bonds is 8. The van der Waals surface area contributed by atoms with E-state index in [1.165, 1.54) is 0 Å². The molecule has 136 valence electrons. The summed E-state index contributed by atoms with van der Waals surface area (Å²) < 4.78 is 15.4. The van der Waals surface area contributed by atoms with Gasteiger partial charge < -0.3 is 19.0 Å². The molecule has 1 aliphatic heterocycles. The number of hydrogen-bond donors (Lipinski definition) is 1. The summed E-state index contributed by atoms with van der Waals surface area (Å²) in [5.74, 6) is 2.06. The van der Waals surface area contributed by atoms with Crippen molar-refractivity contribution in [3.05, 3.63) is 35.9 Å². The highest BCUT2D eigenvalue weighted by Crippen LogP contribution is 2.19. The molecule has 0 aromatic carbocycles. The van der Waals surface area contributed by atoms with Crippen LogP contribution < -0.4 is 5.32 Å². The molecule has 1 amide bonds. The van der Waals surface area contributed by atoms with Gasteiger partial charge in [0.15, 0.2) is 5.82 Å². The van der Waals surface area contributed by atoms with Crippen LogP contribution >= 0.6 is 0 Å². The Morgan fingerprint density at radius 2 is 2.44 bits per heavy atom. The van der Waals surface area contributed by atoms with Crippen LogP contribution in [0.5, 0.6) is 0 Å². The summed E-state index contributed by atoms with van der Waals surface area (Å²) in [6, 6.07) is 3.85. The molecule has 2 aromatic heterocycles. The van der Waals surface area contributed by atoms with E-state index in [4.69, 9.17) is 13.7 Å². The van der Waals surface area contributed by atoms with Crippen molar-refractivity contribution in [1.29, 1.82) is 0 Å². The fourth-order valence-corrected chi connectivity index (χ4v) is 3.05. The fraction of sp³-hybridized carbons (Fsp3) is 0.588. The minimum absolute atomic E-state index is 0.00968. The van der Waals surface area contributed by atoms with E-state index in [2.05, 4.69) is 20.4 Å². The lowest BCUT2D eigenvalue weighted by molar-refractivity contribution is -0.126. The summed E-state index contributed by atoms with van der Waals surface area (Å²) >= 11 is 0. The van der Waals surface area contributed by atoms with Crippen LogP contribution in [-0.4, -0.2) is 47.7 Å². The summed E-state index contributed by atoms with van der Waals surface area (Å²) in [5, 5.41) is 6.77. The van der Waals surface area contributed by atoms with Gasteiger partial charge in [-0.15, -0.1) is 0 Å². The van der Waals surface area contributed by atoms with Crippen LogP contribution in [0.3, 0.4) is 0 Å². The number of furan rings is 1. The molecule has 0 spiro atoms. The monoisotopic (exact) mass is 348 g/mol. The number of likely N-dealkylation sites (tertiary alicyclic amines) is 1. The van der Waals surface area contributed by atoms with Gasteiger partial charge in [-0.25, -0.2) is 0 Å². The Bertz CT molecular complexity index is 655. The van der Waals surface area contributed by atoms with Crippen molar-refractivity contribution < 1.29 is 18.5 Å². The van der Waals surface area contributed by atoms with Gasteiger partial charge in [0.2, 0.25) is 11.8 Å². The first-order valence-corrected chi connectivity index (χ1v) is 8.57. The highest BCUT2D eigenvalue weighted by Gasteiger charge is 2.26. The van der Waals surface area contributed by atoms with E-state index in [1.807, 2.05) is 12.1 Å². The lowest BCUT2D eigenvalue weighted by atomic mass is 9.97. The average molecular weight is 348 g/mol. The first-order chi connectivity index (χ1) is 12.2. The molecule has 2 aromatic rings. The lowest BCUT2D eigenvalue weighted by Gasteiger charge is -2.31. The summed E-state index contributed by atoms with van der Waals surface area (Å²) in [6.45, 7) is 3.31. The summed E-state index contributed by atoms with van der Waals surface area (Å²) in [7, 11) is 1.58. The average Bonchev–Trinajstić information content (AvgIpc) is 3.28. The van der Waals surface area contributed by atoms with E-state index >= 15 is 0 Å². The van der Waals surface area contributed by atoms with Crippen molar-refractivity contribution in [2.45, 2.75) is 32.4 Å². The third kappa shape index (κ3) is 5.14. The molecule has 1 fully saturated rings.